The van der Waals surface area contributed by atoms with Crippen molar-refractivity contribution in [3.63, 3.8) is 0 Å². The van der Waals surface area contributed by atoms with Gasteiger partial charge in [-0.25, -0.2) is 4.98 Å². The van der Waals surface area contributed by atoms with Crippen LogP contribution in [0.2, 0.25) is 0 Å². The van der Waals surface area contributed by atoms with E-state index in [-0.39, 0.29) is 6.04 Å². The minimum atomic E-state index is -0.437. The first-order chi connectivity index (χ1) is 11.6. The molecule has 0 saturated carbocycles. The number of nitrogens with zero attached hydrogens (tertiary/aromatic N) is 3. The molecule has 0 bridgehead atoms. The number of aliphatic hydroxyl groups excluding tert-OH is 1. The summed E-state index contributed by atoms with van der Waals surface area (Å²) in [4.78, 5) is 4.71. The summed E-state index contributed by atoms with van der Waals surface area (Å²) in [5, 5.41) is 18.7. The van der Waals surface area contributed by atoms with Crippen LogP contribution in [-0.2, 0) is 12.8 Å². The van der Waals surface area contributed by atoms with Gasteiger partial charge in [-0.2, -0.15) is 9.61 Å². The smallest absolute Gasteiger partial charge is 0.160 e. The lowest BCUT2D eigenvalue weighted by atomic mass is 10.1. The summed E-state index contributed by atoms with van der Waals surface area (Å²) in [6.45, 7) is 6.15. The highest BCUT2D eigenvalue weighted by Gasteiger charge is 2.31. The SMILES string of the molecule is CCc1cc(N[C@@H]2c3ccccc3C[C@@H]2O)n2nc(C)c(C)c2n1. The molecular formula is C19H22N4O. The normalized spacial score (nSPS) is 19.7. The molecule has 0 saturated heterocycles. The topological polar surface area (TPSA) is 62.5 Å². The quantitative estimate of drug-likeness (QED) is 0.778. The lowest BCUT2D eigenvalue weighted by Gasteiger charge is -2.20. The number of aliphatic hydroxyl groups is 1. The zero-order chi connectivity index (χ0) is 16.8. The van der Waals surface area contributed by atoms with Crippen molar-refractivity contribution in [3.8, 4) is 0 Å². The summed E-state index contributed by atoms with van der Waals surface area (Å²) in [7, 11) is 0. The van der Waals surface area contributed by atoms with E-state index in [0.29, 0.717) is 6.42 Å². The van der Waals surface area contributed by atoms with Crippen LogP contribution < -0.4 is 5.32 Å². The van der Waals surface area contributed by atoms with Gasteiger partial charge in [0.1, 0.15) is 5.82 Å². The Morgan fingerprint density at radius 3 is 2.88 bits per heavy atom. The van der Waals surface area contributed by atoms with E-state index in [1.165, 1.54) is 5.56 Å². The molecule has 0 aliphatic heterocycles. The van der Waals surface area contributed by atoms with E-state index in [1.54, 1.807) is 0 Å². The molecule has 4 rings (SSSR count). The maximum Gasteiger partial charge on any atom is 0.160 e. The van der Waals surface area contributed by atoms with Gasteiger partial charge in [-0.05, 0) is 31.4 Å². The molecule has 124 valence electrons. The van der Waals surface area contributed by atoms with Gasteiger partial charge in [-0.1, -0.05) is 31.2 Å². The molecule has 5 nitrogen and oxygen atoms in total. The fourth-order valence-corrected chi connectivity index (χ4v) is 3.47. The Morgan fingerprint density at radius 2 is 2.08 bits per heavy atom. The predicted molar refractivity (Wildman–Crippen MR) is 94.4 cm³/mol. The number of benzene rings is 1. The highest BCUT2D eigenvalue weighted by molar-refractivity contribution is 5.57. The minimum Gasteiger partial charge on any atom is -0.390 e. The zero-order valence-electron chi connectivity index (χ0n) is 14.2. The molecule has 0 fully saturated rings. The van der Waals surface area contributed by atoms with E-state index in [2.05, 4.69) is 29.5 Å². The molecule has 2 heterocycles. The fraction of sp³-hybridized carbons (Fsp3) is 0.368. The lowest BCUT2D eigenvalue weighted by molar-refractivity contribution is 0.165. The summed E-state index contributed by atoms with van der Waals surface area (Å²) in [5.74, 6) is 0.883. The molecular weight excluding hydrogens is 300 g/mol. The van der Waals surface area contributed by atoms with Gasteiger partial charge in [0.25, 0.3) is 0 Å². The number of fused-ring (bicyclic) bond motifs is 2. The van der Waals surface area contributed by atoms with Crippen LogP contribution in [0.15, 0.2) is 30.3 Å². The second-order valence-electron chi connectivity index (χ2n) is 6.52. The Balaban J connectivity index is 1.81. The summed E-state index contributed by atoms with van der Waals surface area (Å²) in [6.07, 6.45) is 1.10. The maximum absolute atomic E-state index is 10.5. The van der Waals surface area contributed by atoms with E-state index in [4.69, 9.17) is 4.98 Å². The molecule has 0 amide bonds. The van der Waals surface area contributed by atoms with Crippen molar-refractivity contribution >= 4 is 11.5 Å². The molecule has 2 N–H and O–H groups in total. The van der Waals surface area contributed by atoms with Gasteiger partial charge in [0.05, 0.1) is 17.8 Å². The second kappa shape index (κ2) is 5.60. The van der Waals surface area contributed by atoms with Gasteiger partial charge >= 0.3 is 0 Å². The van der Waals surface area contributed by atoms with E-state index in [0.717, 1.165) is 40.4 Å². The highest BCUT2D eigenvalue weighted by atomic mass is 16.3. The highest BCUT2D eigenvalue weighted by Crippen LogP contribution is 2.34. The summed E-state index contributed by atoms with van der Waals surface area (Å²) >= 11 is 0. The van der Waals surface area contributed by atoms with Crippen LogP contribution in [0.1, 0.15) is 41.0 Å². The van der Waals surface area contributed by atoms with Gasteiger partial charge in [0.15, 0.2) is 5.65 Å². The van der Waals surface area contributed by atoms with Gasteiger partial charge in [0, 0.05) is 23.7 Å². The van der Waals surface area contributed by atoms with Crippen LogP contribution in [0.5, 0.6) is 0 Å². The first-order valence-electron chi connectivity index (χ1n) is 8.46. The number of aryl methyl sites for hydroxylation is 3. The molecule has 2 atom stereocenters. The van der Waals surface area contributed by atoms with Crippen molar-refractivity contribution < 1.29 is 5.11 Å². The fourth-order valence-electron chi connectivity index (χ4n) is 3.47. The summed E-state index contributed by atoms with van der Waals surface area (Å²) in [5.41, 5.74) is 6.35. The maximum atomic E-state index is 10.5. The molecule has 1 aliphatic rings. The Bertz CT molecular complexity index is 915. The van der Waals surface area contributed by atoms with Crippen molar-refractivity contribution in [2.45, 2.75) is 45.8 Å². The second-order valence-corrected chi connectivity index (χ2v) is 6.52. The van der Waals surface area contributed by atoms with Crippen molar-refractivity contribution in [3.05, 3.63) is 58.4 Å². The van der Waals surface area contributed by atoms with Crippen LogP contribution in [-0.4, -0.2) is 25.8 Å². The van der Waals surface area contributed by atoms with Gasteiger partial charge in [0.2, 0.25) is 0 Å². The largest absolute Gasteiger partial charge is 0.390 e. The van der Waals surface area contributed by atoms with Crippen molar-refractivity contribution in [2.75, 3.05) is 5.32 Å². The van der Waals surface area contributed by atoms with E-state index in [1.807, 2.05) is 36.6 Å². The van der Waals surface area contributed by atoms with Crippen LogP contribution in [0.25, 0.3) is 5.65 Å². The van der Waals surface area contributed by atoms with Crippen LogP contribution in [0.4, 0.5) is 5.82 Å². The molecule has 0 spiro atoms. The van der Waals surface area contributed by atoms with Crippen LogP contribution in [0.3, 0.4) is 0 Å². The molecule has 1 aliphatic carbocycles. The molecule has 3 aromatic rings. The Kier molecular flexibility index (Phi) is 3.53. The first-order valence-corrected chi connectivity index (χ1v) is 8.46. The van der Waals surface area contributed by atoms with Gasteiger partial charge < -0.3 is 10.4 Å². The Hall–Kier alpha value is -2.40. The number of hydrogen-bond donors (Lipinski definition) is 2. The minimum absolute atomic E-state index is 0.124. The molecule has 24 heavy (non-hydrogen) atoms. The van der Waals surface area contributed by atoms with E-state index in [9.17, 15) is 5.11 Å². The third kappa shape index (κ3) is 2.27. The monoisotopic (exact) mass is 322 g/mol. The summed E-state index contributed by atoms with van der Waals surface area (Å²) < 4.78 is 1.86. The summed E-state index contributed by atoms with van der Waals surface area (Å²) in [6, 6.07) is 10.1. The van der Waals surface area contributed by atoms with Gasteiger partial charge in [-0.15, -0.1) is 0 Å². The number of rotatable bonds is 3. The Morgan fingerprint density at radius 1 is 1.29 bits per heavy atom. The Labute approximate surface area is 141 Å². The van der Waals surface area contributed by atoms with Crippen molar-refractivity contribution in [1.29, 1.82) is 0 Å². The third-order valence-corrected chi connectivity index (χ3v) is 4.98. The van der Waals surface area contributed by atoms with Crippen molar-refractivity contribution in [2.24, 2.45) is 0 Å². The zero-order valence-corrected chi connectivity index (χ0v) is 14.2. The molecule has 1 aromatic carbocycles. The number of aromatic nitrogens is 3. The number of hydrogen-bond acceptors (Lipinski definition) is 4. The standard InChI is InChI=1S/C19H22N4O/c1-4-14-10-17(23-19(20-14)11(2)12(3)22-23)21-18-15-8-6-5-7-13(15)9-16(18)24/h5-8,10,16,18,21,24H,4,9H2,1-3H3/t16-,18+/m0/s1. The first kappa shape index (κ1) is 15.1. The van der Waals surface area contributed by atoms with Crippen LogP contribution >= 0.6 is 0 Å². The molecule has 0 radical (unpaired) electrons. The average molecular weight is 322 g/mol. The van der Waals surface area contributed by atoms with Gasteiger partial charge in [-0.3, -0.25) is 0 Å². The molecule has 5 heteroatoms. The predicted octanol–water partition coefficient (Wildman–Crippen LogP) is 2.98. The lowest BCUT2D eigenvalue weighted by Crippen LogP contribution is -2.22. The molecule has 0 unspecified atom stereocenters. The number of anilines is 1. The van der Waals surface area contributed by atoms with Crippen molar-refractivity contribution in [1.82, 2.24) is 14.6 Å². The average Bonchev–Trinajstić information content (AvgIpc) is 3.05. The van der Waals surface area contributed by atoms with Crippen LogP contribution in [0, 0.1) is 13.8 Å². The third-order valence-electron chi connectivity index (χ3n) is 4.98. The van der Waals surface area contributed by atoms with E-state index >= 15 is 0 Å². The van der Waals surface area contributed by atoms with E-state index < -0.39 is 6.10 Å². The number of nitrogens with one attached hydrogen (secondary N) is 1. The molecule has 2 aromatic heterocycles.